The van der Waals surface area contributed by atoms with E-state index in [9.17, 15) is 0 Å². The maximum atomic E-state index is 6.09. The first kappa shape index (κ1) is 10.2. The predicted octanol–water partition coefficient (Wildman–Crippen LogP) is 2.44. The lowest BCUT2D eigenvalue weighted by Gasteiger charge is -2.09. The SMILES string of the molecule is CCCC(N)c1cnc2cc(C)ccn12. The van der Waals surface area contributed by atoms with Crippen LogP contribution in [0.5, 0.6) is 0 Å². The number of nitrogens with two attached hydrogens (primary N) is 1. The van der Waals surface area contributed by atoms with Crippen molar-refractivity contribution in [1.82, 2.24) is 9.38 Å². The van der Waals surface area contributed by atoms with Crippen molar-refractivity contribution in [2.75, 3.05) is 0 Å². The normalized spacial score (nSPS) is 13.3. The summed E-state index contributed by atoms with van der Waals surface area (Å²) in [4.78, 5) is 4.37. The molecule has 0 aliphatic carbocycles. The monoisotopic (exact) mass is 203 g/mol. The largest absolute Gasteiger partial charge is 0.323 e. The topological polar surface area (TPSA) is 43.3 Å². The highest BCUT2D eigenvalue weighted by Crippen LogP contribution is 2.17. The van der Waals surface area contributed by atoms with Crippen molar-refractivity contribution < 1.29 is 0 Å². The third-order valence-electron chi connectivity index (χ3n) is 2.68. The van der Waals surface area contributed by atoms with Gasteiger partial charge in [0.1, 0.15) is 5.65 Å². The average molecular weight is 203 g/mol. The second-order valence-electron chi connectivity index (χ2n) is 4.01. The molecule has 3 nitrogen and oxygen atoms in total. The van der Waals surface area contributed by atoms with Gasteiger partial charge in [0.15, 0.2) is 0 Å². The number of aromatic nitrogens is 2. The van der Waals surface area contributed by atoms with E-state index < -0.39 is 0 Å². The number of hydrogen-bond donors (Lipinski definition) is 1. The molecular formula is C12H17N3. The Balaban J connectivity index is 2.44. The molecule has 15 heavy (non-hydrogen) atoms. The lowest BCUT2D eigenvalue weighted by atomic mass is 10.1. The Morgan fingerprint density at radius 3 is 3.07 bits per heavy atom. The van der Waals surface area contributed by atoms with Gasteiger partial charge in [0.2, 0.25) is 0 Å². The lowest BCUT2D eigenvalue weighted by molar-refractivity contribution is 0.617. The van der Waals surface area contributed by atoms with Gasteiger partial charge in [0.25, 0.3) is 0 Å². The molecule has 0 fully saturated rings. The van der Waals surface area contributed by atoms with Crippen molar-refractivity contribution in [2.24, 2.45) is 5.73 Å². The standard InChI is InChI=1S/C12H17N3/c1-3-4-10(13)11-8-14-12-7-9(2)5-6-15(11)12/h5-8,10H,3-4,13H2,1-2H3. The summed E-state index contributed by atoms with van der Waals surface area (Å²) in [5.41, 5.74) is 9.41. The van der Waals surface area contributed by atoms with Gasteiger partial charge in [0, 0.05) is 12.2 Å². The first-order chi connectivity index (χ1) is 7.22. The second-order valence-corrected chi connectivity index (χ2v) is 4.01. The van der Waals surface area contributed by atoms with Crippen molar-refractivity contribution >= 4 is 5.65 Å². The van der Waals surface area contributed by atoms with Crippen LogP contribution >= 0.6 is 0 Å². The van der Waals surface area contributed by atoms with E-state index in [2.05, 4.69) is 35.4 Å². The number of nitrogens with zero attached hydrogens (tertiary/aromatic N) is 2. The summed E-state index contributed by atoms with van der Waals surface area (Å²) >= 11 is 0. The van der Waals surface area contributed by atoms with Crippen molar-refractivity contribution in [3.8, 4) is 0 Å². The van der Waals surface area contributed by atoms with Crippen LogP contribution in [0.2, 0.25) is 0 Å². The fraction of sp³-hybridized carbons (Fsp3) is 0.417. The quantitative estimate of drug-likeness (QED) is 0.832. The molecule has 0 amide bonds. The van der Waals surface area contributed by atoms with Crippen LogP contribution in [-0.4, -0.2) is 9.38 Å². The van der Waals surface area contributed by atoms with Crippen molar-refractivity contribution in [1.29, 1.82) is 0 Å². The van der Waals surface area contributed by atoms with Gasteiger partial charge in [-0.25, -0.2) is 4.98 Å². The molecule has 0 spiro atoms. The van der Waals surface area contributed by atoms with E-state index >= 15 is 0 Å². The van der Waals surface area contributed by atoms with Crippen molar-refractivity contribution in [3.05, 3.63) is 35.8 Å². The van der Waals surface area contributed by atoms with Gasteiger partial charge in [0.05, 0.1) is 11.9 Å². The molecule has 0 radical (unpaired) electrons. The van der Waals surface area contributed by atoms with Crippen LogP contribution in [0.1, 0.15) is 37.1 Å². The molecule has 0 bridgehead atoms. The maximum absolute atomic E-state index is 6.09. The van der Waals surface area contributed by atoms with Gasteiger partial charge in [-0.15, -0.1) is 0 Å². The number of rotatable bonds is 3. The molecule has 0 aliphatic rings. The van der Waals surface area contributed by atoms with Crippen LogP contribution < -0.4 is 5.73 Å². The zero-order chi connectivity index (χ0) is 10.8. The van der Waals surface area contributed by atoms with Crippen LogP contribution in [0.15, 0.2) is 24.5 Å². The molecule has 0 aromatic carbocycles. The summed E-state index contributed by atoms with van der Waals surface area (Å²) in [7, 11) is 0. The number of fused-ring (bicyclic) bond motifs is 1. The Morgan fingerprint density at radius 1 is 1.53 bits per heavy atom. The van der Waals surface area contributed by atoms with Gasteiger partial charge in [-0.1, -0.05) is 13.3 Å². The van der Waals surface area contributed by atoms with E-state index in [0.717, 1.165) is 24.2 Å². The number of aryl methyl sites for hydroxylation is 1. The minimum absolute atomic E-state index is 0.0905. The summed E-state index contributed by atoms with van der Waals surface area (Å²) in [5.74, 6) is 0. The second kappa shape index (κ2) is 4.03. The van der Waals surface area contributed by atoms with Crippen LogP contribution in [0.4, 0.5) is 0 Å². The maximum Gasteiger partial charge on any atom is 0.137 e. The summed E-state index contributed by atoms with van der Waals surface area (Å²) < 4.78 is 2.08. The van der Waals surface area contributed by atoms with Gasteiger partial charge in [-0.05, 0) is 31.0 Å². The first-order valence-corrected chi connectivity index (χ1v) is 5.41. The Labute approximate surface area is 89.9 Å². The molecule has 1 unspecified atom stereocenters. The Hall–Kier alpha value is -1.35. The van der Waals surface area contributed by atoms with Crippen molar-refractivity contribution in [2.45, 2.75) is 32.7 Å². The van der Waals surface area contributed by atoms with Crippen LogP contribution in [0.25, 0.3) is 5.65 Å². The first-order valence-electron chi connectivity index (χ1n) is 5.41. The minimum Gasteiger partial charge on any atom is -0.323 e. The molecule has 1 atom stereocenters. The zero-order valence-electron chi connectivity index (χ0n) is 9.27. The number of imidazole rings is 1. The van der Waals surface area contributed by atoms with Crippen LogP contribution in [0, 0.1) is 6.92 Å². The fourth-order valence-electron chi connectivity index (χ4n) is 1.84. The highest BCUT2D eigenvalue weighted by Gasteiger charge is 2.10. The third kappa shape index (κ3) is 1.88. The van der Waals surface area contributed by atoms with Gasteiger partial charge in [-0.2, -0.15) is 0 Å². The van der Waals surface area contributed by atoms with E-state index in [1.807, 2.05) is 12.4 Å². The predicted molar refractivity (Wildman–Crippen MR) is 61.8 cm³/mol. The molecule has 2 aromatic rings. The third-order valence-corrected chi connectivity index (χ3v) is 2.68. The average Bonchev–Trinajstić information content (AvgIpc) is 2.60. The number of hydrogen-bond acceptors (Lipinski definition) is 2. The highest BCUT2D eigenvalue weighted by atomic mass is 15.0. The molecular weight excluding hydrogens is 186 g/mol. The molecule has 2 heterocycles. The number of pyridine rings is 1. The van der Waals surface area contributed by atoms with Gasteiger partial charge >= 0.3 is 0 Å². The Bertz CT molecular complexity index is 459. The Morgan fingerprint density at radius 2 is 2.33 bits per heavy atom. The molecule has 2 aromatic heterocycles. The summed E-state index contributed by atoms with van der Waals surface area (Å²) in [6.45, 7) is 4.22. The van der Waals surface area contributed by atoms with Crippen molar-refractivity contribution in [3.63, 3.8) is 0 Å². The highest BCUT2D eigenvalue weighted by molar-refractivity contribution is 5.43. The van der Waals surface area contributed by atoms with E-state index in [1.54, 1.807) is 0 Å². The fourth-order valence-corrected chi connectivity index (χ4v) is 1.84. The molecule has 2 N–H and O–H groups in total. The minimum atomic E-state index is 0.0905. The van der Waals surface area contributed by atoms with Gasteiger partial charge < -0.3 is 10.1 Å². The van der Waals surface area contributed by atoms with E-state index in [4.69, 9.17) is 5.73 Å². The summed E-state index contributed by atoms with van der Waals surface area (Å²) in [5, 5.41) is 0. The van der Waals surface area contributed by atoms with Crippen LogP contribution in [0.3, 0.4) is 0 Å². The Kier molecular flexibility index (Phi) is 2.73. The van der Waals surface area contributed by atoms with E-state index in [-0.39, 0.29) is 6.04 Å². The van der Waals surface area contributed by atoms with Gasteiger partial charge in [-0.3, -0.25) is 0 Å². The molecule has 0 saturated carbocycles. The molecule has 3 heteroatoms. The van der Waals surface area contributed by atoms with Crippen LogP contribution in [-0.2, 0) is 0 Å². The molecule has 0 aliphatic heterocycles. The summed E-state index contributed by atoms with van der Waals surface area (Å²) in [6.07, 6.45) is 6.03. The van der Waals surface area contributed by atoms with E-state index in [1.165, 1.54) is 5.56 Å². The smallest absolute Gasteiger partial charge is 0.137 e. The zero-order valence-corrected chi connectivity index (χ0v) is 9.27. The molecule has 0 saturated heterocycles. The molecule has 80 valence electrons. The van der Waals surface area contributed by atoms with E-state index in [0.29, 0.717) is 0 Å². The lowest BCUT2D eigenvalue weighted by Crippen LogP contribution is -2.12. The summed E-state index contributed by atoms with van der Waals surface area (Å²) in [6, 6.07) is 4.24. The molecule has 2 rings (SSSR count).